The predicted octanol–water partition coefficient (Wildman–Crippen LogP) is 1.53. The Kier molecular flexibility index (Phi) is 4.34. The Balaban J connectivity index is 2.12. The van der Waals surface area contributed by atoms with Gasteiger partial charge in [-0.3, -0.25) is 19.8 Å². The molecule has 1 heterocycles. The van der Waals surface area contributed by atoms with Crippen molar-refractivity contribution in [3.05, 3.63) is 33.4 Å². The van der Waals surface area contributed by atoms with Gasteiger partial charge in [0, 0.05) is 10.1 Å². The van der Waals surface area contributed by atoms with E-state index in [1.165, 1.54) is 3.57 Å². The summed E-state index contributed by atoms with van der Waals surface area (Å²) in [5.74, 6) is -0.394. The molecule has 0 saturated carbocycles. The van der Waals surface area contributed by atoms with Crippen molar-refractivity contribution < 1.29 is 9.59 Å². The number of nitrogens with zero attached hydrogens (tertiary/aromatic N) is 1. The van der Waals surface area contributed by atoms with Crippen molar-refractivity contribution in [2.24, 2.45) is 0 Å². The van der Waals surface area contributed by atoms with Gasteiger partial charge in [0.2, 0.25) is 11.8 Å². The van der Waals surface area contributed by atoms with Crippen molar-refractivity contribution >= 4 is 34.4 Å². The molecule has 0 aliphatic carbocycles. The Morgan fingerprint density at radius 3 is 2.61 bits per heavy atom. The first-order chi connectivity index (χ1) is 8.60. The average Bonchev–Trinajstić information content (AvgIpc) is 2.32. The minimum absolute atomic E-state index is 0.181. The molecule has 1 aliphatic rings. The standard InChI is InChI=1S/C13H15IN2O2/c1-2-11-13(18)15-12(17)8-16(11)7-9-3-5-10(14)6-4-9/h3-6,11H,2,7-8H2,1H3,(H,15,17,18). The molecule has 1 aliphatic heterocycles. The van der Waals surface area contributed by atoms with E-state index in [-0.39, 0.29) is 24.4 Å². The molecule has 0 aromatic heterocycles. The molecule has 0 bridgehead atoms. The number of carbonyl (C=O) groups excluding carboxylic acids is 2. The minimum atomic E-state index is -0.213. The molecule has 96 valence electrons. The smallest absolute Gasteiger partial charge is 0.243 e. The number of imide groups is 1. The first kappa shape index (κ1) is 13.5. The number of benzene rings is 1. The van der Waals surface area contributed by atoms with Crippen molar-refractivity contribution in [1.82, 2.24) is 10.2 Å². The van der Waals surface area contributed by atoms with E-state index in [4.69, 9.17) is 0 Å². The van der Waals surface area contributed by atoms with Crippen LogP contribution in [0.4, 0.5) is 0 Å². The third-order valence-corrected chi connectivity index (χ3v) is 3.76. The number of hydrogen-bond donors (Lipinski definition) is 1. The third-order valence-electron chi connectivity index (χ3n) is 3.04. The second-order valence-corrected chi connectivity index (χ2v) is 5.61. The number of nitrogens with one attached hydrogen (secondary N) is 1. The summed E-state index contributed by atoms with van der Waals surface area (Å²) in [5, 5.41) is 2.38. The lowest BCUT2D eigenvalue weighted by Crippen LogP contribution is -2.57. The molecule has 1 atom stereocenters. The molecular formula is C13H15IN2O2. The monoisotopic (exact) mass is 358 g/mol. The highest BCUT2D eigenvalue weighted by Gasteiger charge is 2.32. The Labute approximate surface area is 120 Å². The van der Waals surface area contributed by atoms with E-state index in [0.29, 0.717) is 13.0 Å². The molecule has 0 radical (unpaired) electrons. The summed E-state index contributed by atoms with van der Waals surface area (Å²) in [6.07, 6.45) is 0.712. The number of hydrogen-bond acceptors (Lipinski definition) is 3. The second-order valence-electron chi connectivity index (χ2n) is 4.37. The highest BCUT2D eigenvalue weighted by Crippen LogP contribution is 2.15. The highest BCUT2D eigenvalue weighted by molar-refractivity contribution is 14.1. The molecule has 4 nitrogen and oxygen atoms in total. The zero-order valence-corrected chi connectivity index (χ0v) is 12.3. The SMILES string of the molecule is CCC1C(=O)NC(=O)CN1Cc1ccc(I)cc1. The Hall–Kier alpha value is -0.950. The van der Waals surface area contributed by atoms with Crippen LogP contribution >= 0.6 is 22.6 Å². The van der Waals surface area contributed by atoms with Crippen LogP contribution in [0.1, 0.15) is 18.9 Å². The molecule has 2 rings (SSSR count). The first-order valence-electron chi connectivity index (χ1n) is 5.92. The number of halogens is 1. The van der Waals surface area contributed by atoms with Gasteiger partial charge in [-0.2, -0.15) is 0 Å². The third kappa shape index (κ3) is 3.08. The van der Waals surface area contributed by atoms with Crippen LogP contribution in [0.5, 0.6) is 0 Å². The number of amides is 2. The zero-order valence-electron chi connectivity index (χ0n) is 10.1. The minimum Gasteiger partial charge on any atom is -0.294 e. The van der Waals surface area contributed by atoms with Crippen molar-refractivity contribution in [2.45, 2.75) is 25.9 Å². The molecule has 5 heteroatoms. The summed E-state index contributed by atoms with van der Waals surface area (Å²) in [5.41, 5.74) is 1.12. The summed E-state index contributed by atoms with van der Waals surface area (Å²) in [7, 11) is 0. The largest absolute Gasteiger partial charge is 0.294 e. The summed E-state index contributed by atoms with van der Waals surface area (Å²) in [6, 6.07) is 7.92. The Bertz CT molecular complexity index is 459. The lowest BCUT2D eigenvalue weighted by Gasteiger charge is -2.33. The molecule has 0 spiro atoms. The maximum Gasteiger partial charge on any atom is 0.243 e. The van der Waals surface area contributed by atoms with Gasteiger partial charge in [-0.25, -0.2) is 0 Å². The molecule has 1 saturated heterocycles. The fourth-order valence-electron chi connectivity index (χ4n) is 2.15. The van der Waals surface area contributed by atoms with E-state index in [1.54, 1.807) is 0 Å². The Morgan fingerprint density at radius 1 is 1.33 bits per heavy atom. The van der Waals surface area contributed by atoms with Crippen LogP contribution in [0, 0.1) is 3.57 Å². The molecule has 1 aromatic carbocycles. The zero-order chi connectivity index (χ0) is 13.1. The van der Waals surface area contributed by atoms with Crippen molar-refractivity contribution in [3.63, 3.8) is 0 Å². The molecule has 18 heavy (non-hydrogen) atoms. The van der Waals surface area contributed by atoms with E-state index in [1.807, 2.05) is 36.1 Å². The van der Waals surface area contributed by atoms with Crippen LogP contribution in [0.25, 0.3) is 0 Å². The topological polar surface area (TPSA) is 49.4 Å². The van der Waals surface area contributed by atoms with Gasteiger partial charge in [0.25, 0.3) is 0 Å². The van der Waals surface area contributed by atoms with E-state index in [0.717, 1.165) is 5.56 Å². The maximum absolute atomic E-state index is 11.7. The molecule has 1 fully saturated rings. The van der Waals surface area contributed by atoms with Gasteiger partial charge < -0.3 is 0 Å². The van der Waals surface area contributed by atoms with Crippen molar-refractivity contribution in [2.75, 3.05) is 6.54 Å². The first-order valence-corrected chi connectivity index (χ1v) is 7.00. The fourth-order valence-corrected chi connectivity index (χ4v) is 2.51. The molecular weight excluding hydrogens is 343 g/mol. The number of carbonyl (C=O) groups is 2. The van der Waals surface area contributed by atoms with Gasteiger partial charge in [-0.1, -0.05) is 19.1 Å². The quantitative estimate of drug-likeness (QED) is 0.659. The van der Waals surface area contributed by atoms with Gasteiger partial charge in [0.15, 0.2) is 0 Å². The second kappa shape index (κ2) is 5.79. The van der Waals surface area contributed by atoms with Crippen LogP contribution in [-0.2, 0) is 16.1 Å². The summed E-state index contributed by atoms with van der Waals surface area (Å²) in [4.78, 5) is 25.1. The molecule has 1 N–H and O–H groups in total. The average molecular weight is 358 g/mol. The lowest BCUT2D eigenvalue weighted by atomic mass is 10.1. The van der Waals surface area contributed by atoms with Crippen LogP contribution in [0.2, 0.25) is 0 Å². The lowest BCUT2D eigenvalue weighted by molar-refractivity contribution is -0.140. The molecule has 1 unspecified atom stereocenters. The fraction of sp³-hybridized carbons (Fsp3) is 0.385. The predicted molar refractivity (Wildman–Crippen MR) is 76.8 cm³/mol. The number of piperazine rings is 1. The van der Waals surface area contributed by atoms with Crippen molar-refractivity contribution in [1.29, 1.82) is 0 Å². The molecule has 2 amide bonds. The van der Waals surface area contributed by atoms with Crippen LogP contribution < -0.4 is 5.32 Å². The maximum atomic E-state index is 11.7. The highest BCUT2D eigenvalue weighted by atomic mass is 127. The summed E-state index contributed by atoms with van der Waals surface area (Å²) < 4.78 is 1.18. The van der Waals surface area contributed by atoms with E-state index in [9.17, 15) is 9.59 Å². The van der Waals surface area contributed by atoms with Crippen LogP contribution in [0.3, 0.4) is 0 Å². The van der Waals surface area contributed by atoms with E-state index >= 15 is 0 Å². The number of rotatable bonds is 3. The van der Waals surface area contributed by atoms with E-state index < -0.39 is 0 Å². The van der Waals surface area contributed by atoms with Gasteiger partial charge in [-0.15, -0.1) is 0 Å². The van der Waals surface area contributed by atoms with Crippen LogP contribution in [-0.4, -0.2) is 29.3 Å². The summed E-state index contributed by atoms with van der Waals surface area (Å²) in [6.45, 7) is 2.88. The van der Waals surface area contributed by atoms with Crippen molar-refractivity contribution in [3.8, 4) is 0 Å². The summed E-state index contributed by atoms with van der Waals surface area (Å²) >= 11 is 2.25. The van der Waals surface area contributed by atoms with Gasteiger partial charge in [0.05, 0.1) is 12.6 Å². The Morgan fingerprint density at radius 2 is 2.00 bits per heavy atom. The van der Waals surface area contributed by atoms with E-state index in [2.05, 4.69) is 27.9 Å². The molecule has 1 aromatic rings. The van der Waals surface area contributed by atoms with Gasteiger partial charge in [-0.05, 0) is 46.7 Å². The van der Waals surface area contributed by atoms with Crippen LogP contribution in [0.15, 0.2) is 24.3 Å². The van der Waals surface area contributed by atoms with Gasteiger partial charge in [0.1, 0.15) is 0 Å². The normalized spacial score (nSPS) is 20.9. The van der Waals surface area contributed by atoms with Gasteiger partial charge >= 0.3 is 0 Å².